The minimum atomic E-state index is -0.816. The summed E-state index contributed by atoms with van der Waals surface area (Å²) >= 11 is 11.0. The summed E-state index contributed by atoms with van der Waals surface area (Å²) in [5.74, 6) is -1.29. The molecule has 1 atom stereocenters. The van der Waals surface area contributed by atoms with E-state index in [9.17, 15) is 14.4 Å². The molecule has 1 aliphatic rings. The highest BCUT2D eigenvalue weighted by Crippen LogP contribution is 2.12. The summed E-state index contributed by atoms with van der Waals surface area (Å²) in [4.78, 5) is 37.2. The summed E-state index contributed by atoms with van der Waals surface area (Å²) in [6.45, 7) is 0.751. The Bertz CT molecular complexity index is 665. The summed E-state index contributed by atoms with van der Waals surface area (Å²) in [6, 6.07) is 5.50. The van der Waals surface area contributed by atoms with E-state index in [0.29, 0.717) is 23.7 Å². The summed E-state index contributed by atoms with van der Waals surface area (Å²) in [5, 5.41) is 5.83. The second-order valence-electron chi connectivity index (χ2n) is 5.05. The third-order valence-electron chi connectivity index (χ3n) is 3.51. The number of carbonyl (C=O) groups excluding carboxylic acids is 3. The number of amides is 2. The average molecular weight is 370 g/mol. The van der Waals surface area contributed by atoms with Gasteiger partial charge >= 0.3 is 5.97 Å². The van der Waals surface area contributed by atoms with E-state index in [4.69, 9.17) is 23.8 Å². The third-order valence-corrected chi connectivity index (χ3v) is 4.09. The molecule has 2 amide bonds. The van der Waals surface area contributed by atoms with Crippen LogP contribution in [-0.4, -0.2) is 54.0 Å². The molecule has 9 heteroatoms. The standard InChI is InChI=1S/C15H16ClN3O4S/c1-23-12(20)8-11-14(22)17-6-7-19(11)15(24)18-13(21)9-2-4-10(16)5-3-9/h2-5,11H,6-8H2,1H3,(H,17,22)(H,18,21,24). The van der Waals surface area contributed by atoms with Crippen molar-refractivity contribution in [2.24, 2.45) is 0 Å². The Kier molecular flexibility index (Phi) is 6.10. The van der Waals surface area contributed by atoms with Gasteiger partial charge in [-0.15, -0.1) is 0 Å². The molecule has 0 bridgehead atoms. The SMILES string of the molecule is COC(=O)CC1C(=O)NCCN1C(=S)NC(=O)c1ccc(Cl)cc1. The van der Waals surface area contributed by atoms with E-state index in [-0.39, 0.29) is 17.4 Å². The molecule has 0 saturated carbocycles. The zero-order chi connectivity index (χ0) is 17.7. The maximum absolute atomic E-state index is 12.2. The summed E-state index contributed by atoms with van der Waals surface area (Å²) in [6.07, 6.45) is -0.153. The van der Waals surface area contributed by atoms with Gasteiger partial charge in [-0.25, -0.2) is 0 Å². The van der Waals surface area contributed by atoms with Crippen LogP contribution < -0.4 is 10.6 Å². The van der Waals surface area contributed by atoms with E-state index in [1.165, 1.54) is 12.0 Å². The molecule has 0 aromatic heterocycles. The molecular formula is C15H16ClN3O4S. The van der Waals surface area contributed by atoms with E-state index in [1.807, 2.05) is 0 Å². The summed E-state index contributed by atoms with van der Waals surface area (Å²) in [5.41, 5.74) is 0.382. The van der Waals surface area contributed by atoms with Crippen LogP contribution in [0.5, 0.6) is 0 Å². The fourth-order valence-corrected chi connectivity index (χ4v) is 2.68. The summed E-state index contributed by atoms with van der Waals surface area (Å²) < 4.78 is 4.60. The van der Waals surface area contributed by atoms with Gasteiger partial charge in [0.1, 0.15) is 6.04 Å². The zero-order valence-electron chi connectivity index (χ0n) is 12.9. The second-order valence-corrected chi connectivity index (χ2v) is 5.87. The number of piperazine rings is 1. The highest BCUT2D eigenvalue weighted by atomic mass is 35.5. The van der Waals surface area contributed by atoms with E-state index < -0.39 is 17.9 Å². The highest BCUT2D eigenvalue weighted by molar-refractivity contribution is 7.80. The molecule has 1 heterocycles. The van der Waals surface area contributed by atoms with Crippen LogP contribution in [0.4, 0.5) is 0 Å². The molecule has 1 aliphatic heterocycles. The first-order valence-electron chi connectivity index (χ1n) is 7.14. The van der Waals surface area contributed by atoms with Gasteiger partial charge in [0.05, 0.1) is 13.5 Å². The number of esters is 1. The first kappa shape index (κ1) is 18.2. The smallest absolute Gasteiger partial charge is 0.308 e. The van der Waals surface area contributed by atoms with Gasteiger partial charge in [-0.2, -0.15) is 0 Å². The van der Waals surface area contributed by atoms with Crippen molar-refractivity contribution in [2.45, 2.75) is 12.5 Å². The van der Waals surface area contributed by atoms with E-state index in [1.54, 1.807) is 24.3 Å². The molecular weight excluding hydrogens is 354 g/mol. The number of carbonyl (C=O) groups is 3. The van der Waals surface area contributed by atoms with Gasteiger partial charge in [-0.3, -0.25) is 19.7 Å². The van der Waals surface area contributed by atoms with Crippen molar-refractivity contribution >= 4 is 46.7 Å². The van der Waals surface area contributed by atoms with Crippen molar-refractivity contribution in [3.05, 3.63) is 34.9 Å². The Balaban J connectivity index is 2.07. The Labute approximate surface area is 149 Å². The molecule has 1 fully saturated rings. The minimum absolute atomic E-state index is 0.0821. The third kappa shape index (κ3) is 4.42. The van der Waals surface area contributed by atoms with Crippen molar-refractivity contribution in [3.63, 3.8) is 0 Å². The first-order valence-corrected chi connectivity index (χ1v) is 7.93. The molecule has 24 heavy (non-hydrogen) atoms. The predicted molar refractivity (Wildman–Crippen MR) is 91.7 cm³/mol. The van der Waals surface area contributed by atoms with E-state index >= 15 is 0 Å². The lowest BCUT2D eigenvalue weighted by Crippen LogP contribution is -2.60. The van der Waals surface area contributed by atoms with Gasteiger partial charge < -0.3 is 15.0 Å². The van der Waals surface area contributed by atoms with E-state index in [0.717, 1.165) is 0 Å². The Morgan fingerprint density at radius 2 is 2.08 bits per heavy atom. The number of thiocarbonyl (C=S) groups is 1. The van der Waals surface area contributed by atoms with Crippen LogP contribution in [0.3, 0.4) is 0 Å². The van der Waals surface area contributed by atoms with Crippen molar-refractivity contribution in [1.82, 2.24) is 15.5 Å². The van der Waals surface area contributed by atoms with Crippen LogP contribution in [0.25, 0.3) is 0 Å². The quantitative estimate of drug-likeness (QED) is 0.603. The first-order chi connectivity index (χ1) is 11.4. The van der Waals surface area contributed by atoms with Gasteiger partial charge in [0.15, 0.2) is 5.11 Å². The highest BCUT2D eigenvalue weighted by Gasteiger charge is 2.34. The lowest BCUT2D eigenvalue weighted by atomic mass is 10.1. The predicted octanol–water partition coefficient (Wildman–Crippen LogP) is 0.718. The van der Waals surface area contributed by atoms with Crippen LogP contribution in [0.2, 0.25) is 5.02 Å². The number of halogens is 1. The number of benzene rings is 1. The number of nitrogens with zero attached hydrogens (tertiary/aromatic N) is 1. The minimum Gasteiger partial charge on any atom is -0.469 e. The largest absolute Gasteiger partial charge is 0.469 e. The molecule has 2 N–H and O–H groups in total. The fourth-order valence-electron chi connectivity index (χ4n) is 2.24. The normalized spacial score (nSPS) is 17.0. The number of hydrogen-bond acceptors (Lipinski definition) is 5. The zero-order valence-corrected chi connectivity index (χ0v) is 14.4. The van der Waals surface area contributed by atoms with Gasteiger partial charge in [-0.1, -0.05) is 11.6 Å². The fraction of sp³-hybridized carbons (Fsp3) is 0.333. The maximum Gasteiger partial charge on any atom is 0.308 e. The van der Waals surface area contributed by atoms with Gasteiger partial charge in [0, 0.05) is 23.7 Å². The molecule has 0 radical (unpaired) electrons. The van der Waals surface area contributed by atoms with Crippen LogP contribution in [0.15, 0.2) is 24.3 Å². The maximum atomic E-state index is 12.2. The van der Waals surface area contributed by atoms with Crippen molar-refractivity contribution in [3.8, 4) is 0 Å². The van der Waals surface area contributed by atoms with Crippen molar-refractivity contribution < 1.29 is 19.1 Å². The molecule has 1 aromatic carbocycles. The molecule has 1 saturated heterocycles. The lowest BCUT2D eigenvalue weighted by Gasteiger charge is -2.36. The molecule has 2 rings (SSSR count). The van der Waals surface area contributed by atoms with Crippen LogP contribution in [0.1, 0.15) is 16.8 Å². The van der Waals surface area contributed by atoms with Crippen LogP contribution in [-0.2, 0) is 14.3 Å². The van der Waals surface area contributed by atoms with Crippen molar-refractivity contribution in [1.29, 1.82) is 0 Å². The number of methoxy groups -OCH3 is 1. The molecule has 7 nitrogen and oxygen atoms in total. The Morgan fingerprint density at radius 1 is 1.42 bits per heavy atom. The molecule has 1 unspecified atom stereocenters. The Hall–Kier alpha value is -2.19. The molecule has 1 aromatic rings. The average Bonchev–Trinajstić information content (AvgIpc) is 2.56. The number of ether oxygens (including phenoxy) is 1. The van der Waals surface area contributed by atoms with Gasteiger partial charge in [-0.05, 0) is 36.5 Å². The van der Waals surface area contributed by atoms with Crippen LogP contribution >= 0.6 is 23.8 Å². The molecule has 0 spiro atoms. The molecule has 0 aliphatic carbocycles. The van der Waals surface area contributed by atoms with Gasteiger partial charge in [0.25, 0.3) is 5.91 Å². The number of hydrogen-bond donors (Lipinski definition) is 2. The van der Waals surface area contributed by atoms with Crippen LogP contribution in [0, 0.1) is 0 Å². The number of nitrogens with one attached hydrogen (secondary N) is 2. The van der Waals surface area contributed by atoms with Crippen molar-refractivity contribution in [2.75, 3.05) is 20.2 Å². The lowest BCUT2D eigenvalue weighted by molar-refractivity contribution is -0.144. The Morgan fingerprint density at radius 3 is 2.71 bits per heavy atom. The number of rotatable bonds is 3. The summed E-state index contributed by atoms with van der Waals surface area (Å²) in [7, 11) is 1.24. The van der Waals surface area contributed by atoms with Gasteiger partial charge in [0.2, 0.25) is 5.91 Å². The van der Waals surface area contributed by atoms with E-state index in [2.05, 4.69) is 15.4 Å². The topological polar surface area (TPSA) is 87.7 Å². The molecule has 128 valence electrons. The monoisotopic (exact) mass is 369 g/mol. The second kappa shape index (κ2) is 8.07.